The summed E-state index contributed by atoms with van der Waals surface area (Å²) in [7, 11) is 0. The van der Waals surface area contributed by atoms with Crippen LogP contribution in [0.15, 0.2) is 0 Å². The molecule has 0 saturated heterocycles. The molecule has 0 atom stereocenters. The second kappa shape index (κ2) is 7.06. The summed E-state index contributed by atoms with van der Waals surface area (Å²) in [4.78, 5) is 0. The van der Waals surface area contributed by atoms with Crippen LogP contribution in [0.5, 0.6) is 17.2 Å². The number of unbranched alkanes of at least 4 members (excludes halogenated alkanes) is 1. The molecule has 0 heterocycles. The van der Waals surface area contributed by atoms with Crippen molar-refractivity contribution < 1.29 is 15.3 Å². The molecule has 0 aliphatic heterocycles. The van der Waals surface area contributed by atoms with E-state index in [0.717, 1.165) is 18.8 Å². The van der Waals surface area contributed by atoms with E-state index >= 15 is 0 Å². The molecule has 21 heavy (non-hydrogen) atoms. The van der Waals surface area contributed by atoms with Gasteiger partial charge in [-0.25, -0.2) is 0 Å². The van der Waals surface area contributed by atoms with Crippen LogP contribution in [-0.2, 0) is 6.42 Å². The Morgan fingerprint density at radius 3 is 2.14 bits per heavy atom. The lowest BCUT2D eigenvalue weighted by molar-refractivity contribution is 0.329. The number of rotatable bonds is 5. The van der Waals surface area contributed by atoms with Gasteiger partial charge in [-0.15, -0.1) is 0 Å². The predicted octanol–water partition coefficient (Wildman–Crippen LogP) is 4.71. The molecule has 1 aromatic carbocycles. The molecule has 1 fully saturated rings. The lowest BCUT2D eigenvalue weighted by atomic mass is 9.85. The number of phenolic OH excluding ortho intramolecular Hbond substituents is 3. The zero-order valence-electron chi connectivity index (χ0n) is 13.3. The minimum Gasteiger partial charge on any atom is -0.507 e. The summed E-state index contributed by atoms with van der Waals surface area (Å²) in [6.45, 7) is 3.42. The molecular formula is C18H28O3. The monoisotopic (exact) mass is 292 g/mol. The van der Waals surface area contributed by atoms with E-state index in [2.05, 4.69) is 0 Å². The fourth-order valence-corrected chi connectivity index (χ4v) is 3.55. The van der Waals surface area contributed by atoms with Crippen LogP contribution in [-0.4, -0.2) is 15.3 Å². The lowest BCUT2D eigenvalue weighted by Gasteiger charge is -2.21. The van der Waals surface area contributed by atoms with Crippen LogP contribution in [0.2, 0.25) is 0 Å². The number of phenols is 3. The normalized spacial score (nSPS) is 16.3. The van der Waals surface area contributed by atoms with Crippen molar-refractivity contribution in [3.8, 4) is 17.2 Å². The quantitative estimate of drug-likeness (QED) is 0.418. The van der Waals surface area contributed by atoms with Gasteiger partial charge in [-0.1, -0.05) is 44.9 Å². The lowest BCUT2D eigenvalue weighted by Crippen LogP contribution is -2.06. The van der Waals surface area contributed by atoms with Crippen LogP contribution in [0.3, 0.4) is 0 Å². The van der Waals surface area contributed by atoms with Crippen LogP contribution < -0.4 is 0 Å². The first kappa shape index (κ1) is 16.0. The number of benzene rings is 1. The van der Waals surface area contributed by atoms with E-state index in [1.165, 1.54) is 38.5 Å². The molecule has 1 aliphatic rings. The SMILES string of the molecule is Cc1c(O)c(C)c(CCCCC2CCCCC2)c(O)c1O. The average Bonchev–Trinajstić information content (AvgIpc) is 2.51. The first-order valence-electron chi connectivity index (χ1n) is 8.25. The molecule has 0 unspecified atom stereocenters. The van der Waals surface area contributed by atoms with E-state index in [4.69, 9.17) is 0 Å². The Hall–Kier alpha value is -1.38. The van der Waals surface area contributed by atoms with E-state index in [1.54, 1.807) is 13.8 Å². The number of hydrogen-bond donors (Lipinski definition) is 3. The number of aromatic hydroxyl groups is 3. The highest BCUT2D eigenvalue weighted by Gasteiger charge is 2.18. The summed E-state index contributed by atoms with van der Waals surface area (Å²) in [6, 6.07) is 0. The highest BCUT2D eigenvalue weighted by molar-refractivity contribution is 5.60. The summed E-state index contributed by atoms with van der Waals surface area (Å²) in [5.74, 6) is 0.752. The molecule has 0 radical (unpaired) electrons. The van der Waals surface area contributed by atoms with Crippen molar-refractivity contribution in [1.29, 1.82) is 0 Å². The van der Waals surface area contributed by atoms with Gasteiger partial charge >= 0.3 is 0 Å². The van der Waals surface area contributed by atoms with Gasteiger partial charge in [0.2, 0.25) is 0 Å². The maximum absolute atomic E-state index is 10.1. The van der Waals surface area contributed by atoms with Crippen molar-refractivity contribution in [2.75, 3.05) is 0 Å². The van der Waals surface area contributed by atoms with Gasteiger partial charge < -0.3 is 15.3 Å². The molecule has 1 aliphatic carbocycles. The standard InChI is InChI=1S/C18H28O3/c1-12-15(18(21)17(20)13(2)16(12)19)11-7-6-10-14-8-4-3-5-9-14/h14,19-21H,3-11H2,1-2H3. The van der Waals surface area contributed by atoms with Crippen LogP contribution in [0.1, 0.15) is 68.1 Å². The molecule has 0 aromatic heterocycles. The van der Waals surface area contributed by atoms with Crippen LogP contribution in [0.4, 0.5) is 0 Å². The summed E-state index contributed by atoms with van der Waals surface area (Å²) in [6.07, 6.45) is 11.0. The molecule has 3 heteroatoms. The maximum atomic E-state index is 10.1. The van der Waals surface area contributed by atoms with Gasteiger partial charge in [0.1, 0.15) is 5.75 Å². The molecule has 0 spiro atoms. The summed E-state index contributed by atoms with van der Waals surface area (Å²) < 4.78 is 0. The fraction of sp³-hybridized carbons (Fsp3) is 0.667. The Balaban J connectivity index is 1.91. The topological polar surface area (TPSA) is 60.7 Å². The maximum Gasteiger partial charge on any atom is 0.164 e. The van der Waals surface area contributed by atoms with Gasteiger partial charge in [-0.3, -0.25) is 0 Å². The molecule has 3 N–H and O–H groups in total. The largest absolute Gasteiger partial charge is 0.507 e. The Bertz CT molecular complexity index is 459. The number of hydrogen-bond acceptors (Lipinski definition) is 3. The highest BCUT2D eigenvalue weighted by Crippen LogP contribution is 2.42. The first-order chi connectivity index (χ1) is 10.0. The van der Waals surface area contributed by atoms with Gasteiger partial charge in [-0.2, -0.15) is 0 Å². The average molecular weight is 292 g/mol. The highest BCUT2D eigenvalue weighted by atomic mass is 16.3. The van der Waals surface area contributed by atoms with E-state index in [9.17, 15) is 15.3 Å². The second-order valence-corrected chi connectivity index (χ2v) is 6.52. The molecule has 1 saturated carbocycles. The van der Waals surface area contributed by atoms with Gasteiger partial charge in [0.25, 0.3) is 0 Å². The minimum atomic E-state index is -0.180. The summed E-state index contributed by atoms with van der Waals surface area (Å²) >= 11 is 0. The third kappa shape index (κ3) is 3.63. The van der Waals surface area contributed by atoms with Crippen molar-refractivity contribution in [3.05, 3.63) is 16.7 Å². The first-order valence-corrected chi connectivity index (χ1v) is 8.25. The molecule has 3 nitrogen and oxygen atoms in total. The van der Waals surface area contributed by atoms with Gasteiger partial charge in [0.05, 0.1) is 0 Å². The molecular weight excluding hydrogens is 264 g/mol. The van der Waals surface area contributed by atoms with E-state index in [0.29, 0.717) is 23.1 Å². The smallest absolute Gasteiger partial charge is 0.164 e. The Morgan fingerprint density at radius 2 is 1.48 bits per heavy atom. The van der Waals surface area contributed by atoms with E-state index in [1.807, 2.05) is 0 Å². The van der Waals surface area contributed by atoms with Crippen LogP contribution >= 0.6 is 0 Å². The van der Waals surface area contributed by atoms with Crippen LogP contribution in [0.25, 0.3) is 0 Å². The van der Waals surface area contributed by atoms with Gasteiger partial charge in [-0.05, 0) is 38.2 Å². The molecule has 0 bridgehead atoms. The Morgan fingerprint density at radius 1 is 0.810 bits per heavy atom. The third-order valence-electron chi connectivity index (χ3n) is 5.04. The van der Waals surface area contributed by atoms with Crippen molar-refractivity contribution in [2.24, 2.45) is 5.92 Å². The van der Waals surface area contributed by atoms with Crippen LogP contribution in [0, 0.1) is 19.8 Å². The van der Waals surface area contributed by atoms with Gasteiger partial charge in [0.15, 0.2) is 11.5 Å². The molecule has 1 aromatic rings. The Kier molecular flexibility index (Phi) is 5.38. The van der Waals surface area contributed by atoms with Crippen molar-refractivity contribution >= 4 is 0 Å². The van der Waals surface area contributed by atoms with Crippen molar-refractivity contribution in [1.82, 2.24) is 0 Å². The molecule has 118 valence electrons. The third-order valence-corrected chi connectivity index (χ3v) is 5.04. The molecule has 0 amide bonds. The Labute approximate surface area is 127 Å². The van der Waals surface area contributed by atoms with Gasteiger partial charge in [0, 0.05) is 11.1 Å². The zero-order valence-corrected chi connectivity index (χ0v) is 13.3. The summed E-state index contributed by atoms with van der Waals surface area (Å²) in [5.41, 5.74) is 1.75. The second-order valence-electron chi connectivity index (χ2n) is 6.52. The fourth-order valence-electron chi connectivity index (χ4n) is 3.55. The predicted molar refractivity (Wildman–Crippen MR) is 85.0 cm³/mol. The molecule has 2 rings (SSSR count). The summed E-state index contributed by atoms with van der Waals surface area (Å²) in [5, 5.41) is 29.9. The van der Waals surface area contributed by atoms with E-state index in [-0.39, 0.29) is 17.2 Å². The zero-order chi connectivity index (χ0) is 15.4. The van der Waals surface area contributed by atoms with Crippen molar-refractivity contribution in [3.63, 3.8) is 0 Å². The minimum absolute atomic E-state index is 0.0551. The van der Waals surface area contributed by atoms with Crippen molar-refractivity contribution in [2.45, 2.75) is 71.6 Å². The van der Waals surface area contributed by atoms with E-state index < -0.39 is 0 Å².